The van der Waals surface area contributed by atoms with Crippen LogP contribution in [0.5, 0.6) is 0 Å². The highest BCUT2D eigenvalue weighted by Crippen LogP contribution is 2.28. The molecule has 3 rings (SSSR count). The summed E-state index contributed by atoms with van der Waals surface area (Å²) >= 11 is 0. The maximum Gasteiger partial charge on any atom is 0.253 e. The van der Waals surface area contributed by atoms with Crippen LogP contribution in [0.15, 0.2) is 24.3 Å². The lowest BCUT2D eigenvalue weighted by molar-refractivity contribution is -0.126. The third-order valence-electron chi connectivity index (χ3n) is 5.06. The Morgan fingerprint density at radius 1 is 1.12 bits per heavy atom. The lowest BCUT2D eigenvalue weighted by Gasteiger charge is -2.31. The van der Waals surface area contributed by atoms with E-state index < -0.39 is 0 Å². The van der Waals surface area contributed by atoms with Gasteiger partial charge in [0.1, 0.15) is 5.82 Å². The zero-order valence-electron chi connectivity index (χ0n) is 15.1. The average molecular weight is 362 g/mol. The number of carbonyl (C=O) groups excluding carboxylic acids is 2. The fourth-order valence-electron chi connectivity index (χ4n) is 3.18. The molecule has 1 aromatic carbocycles. The van der Waals surface area contributed by atoms with Crippen LogP contribution in [0.1, 0.15) is 42.5 Å². The van der Waals surface area contributed by atoms with Crippen LogP contribution in [-0.4, -0.2) is 49.6 Å². The Balaban J connectivity index is 1.32. The molecular formula is C20H27FN2O3. The van der Waals surface area contributed by atoms with E-state index in [0.717, 1.165) is 18.9 Å². The smallest absolute Gasteiger partial charge is 0.253 e. The van der Waals surface area contributed by atoms with Gasteiger partial charge in [0.25, 0.3) is 5.91 Å². The average Bonchev–Trinajstić information content (AvgIpc) is 3.49. The number of ether oxygens (including phenoxy) is 1. The number of amides is 2. The summed E-state index contributed by atoms with van der Waals surface area (Å²) in [6.07, 6.45) is 4.74. The van der Waals surface area contributed by atoms with E-state index in [9.17, 15) is 14.0 Å². The van der Waals surface area contributed by atoms with Crippen molar-refractivity contribution in [1.82, 2.24) is 10.2 Å². The molecule has 0 bridgehead atoms. The van der Waals surface area contributed by atoms with Gasteiger partial charge in [-0.2, -0.15) is 0 Å². The summed E-state index contributed by atoms with van der Waals surface area (Å²) in [7, 11) is 0. The number of piperidine rings is 1. The summed E-state index contributed by atoms with van der Waals surface area (Å²) in [6.45, 7) is 3.30. The first-order valence-electron chi connectivity index (χ1n) is 9.54. The summed E-state index contributed by atoms with van der Waals surface area (Å²) in [5.74, 6) is 0.347. The molecule has 26 heavy (non-hydrogen) atoms. The monoisotopic (exact) mass is 362 g/mol. The van der Waals surface area contributed by atoms with Crippen molar-refractivity contribution in [3.8, 4) is 0 Å². The van der Waals surface area contributed by atoms with Crippen LogP contribution in [0.25, 0.3) is 0 Å². The lowest BCUT2D eigenvalue weighted by atomic mass is 9.95. The molecule has 2 fully saturated rings. The molecule has 142 valence electrons. The Hall–Kier alpha value is -1.95. The number of hydrogen-bond acceptors (Lipinski definition) is 3. The molecule has 1 heterocycles. The number of carbonyl (C=O) groups is 2. The molecule has 0 spiro atoms. The van der Waals surface area contributed by atoms with E-state index in [1.165, 1.54) is 37.1 Å². The molecule has 2 amide bonds. The molecule has 1 aliphatic carbocycles. The number of benzene rings is 1. The summed E-state index contributed by atoms with van der Waals surface area (Å²) < 4.78 is 18.5. The number of nitrogens with zero attached hydrogens (tertiary/aromatic N) is 1. The van der Waals surface area contributed by atoms with E-state index in [1.54, 1.807) is 4.90 Å². The van der Waals surface area contributed by atoms with E-state index in [4.69, 9.17) is 4.74 Å². The molecule has 1 aliphatic heterocycles. The van der Waals surface area contributed by atoms with Crippen molar-refractivity contribution in [3.05, 3.63) is 35.6 Å². The predicted octanol–water partition coefficient (Wildman–Crippen LogP) is 2.61. The normalized spacial score (nSPS) is 18.0. The van der Waals surface area contributed by atoms with Crippen LogP contribution in [0, 0.1) is 17.7 Å². The van der Waals surface area contributed by atoms with Crippen LogP contribution in [0.4, 0.5) is 4.39 Å². The van der Waals surface area contributed by atoms with Gasteiger partial charge < -0.3 is 15.0 Å². The fraction of sp³-hybridized carbons (Fsp3) is 0.600. The first-order valence-corrected chi connectivity index (χ1v) is 9.54. The van der Waals surface area contributed by atoms with Crippen molar-refractivity contribution >= 4 is 11.8 Å². The minimum Gasteiger partial charge on any atom is -0.381 e. The Morgan fingerprint density at radius 3 is 2.46 bits per heavy atom. The van der Waals surface area contributed by atoms with Crippen molar-refractivity contribution in [2.75, 3.05) is 32.8 Å². The molecule has 0 unspecified atom stereocenters. The molecule has 0 atom stereocenters. The molecule has 2 aliphatic rings. The summed E-state index contributed by atoms with van der Waals surface area (Å²) in [5, 5.41) is 2.97. The molecule has 1 N–H and O–H groups in total. The SMILES string of the molecule is O=C(NCCCOCC1CC1)C1CCN(C(=O)c2ccc(F)cc2)CC1. The Morgan fingerprint density at radius 2 is 1.81 bits per heavy atom. The third-order valence-corrected chi connectivity index (χ3v) is 5.06. The second-order valence-corrected chi connectivity index (χ2v) is 7.24. The van der Waals surface area contributed by atoms with Gasteiger partial charge >= 0.3 is 0 Å². The van der Waals surface area contributed by atoms with Crippen molar-refractivity contribution in [2.24, 2.45) is 11.8 Å². The van der Waals surface area contributed by atoms with Gasteiger partial charge in [-0.05, 0) is 62.3 Å². The maximum atomic E-state index is 13.0. The van der Waals surface area contributed by atoms with Gasteiger partial charge in [-0.3, -0.25) is 9.59 Å². The van der Waals surface area contributed by atoms with Crippen molar-refractivity contribution < 1.29 is 18.7 Å². The Labute approximate surface area is 153 Å². The quantitative estimate of drug-likeness (QED) is 0.723. The fourth-order valence-corrected chi connectivity index (χ4v) is 3.18. The molecule has 0 radical (unpaired) electrons. The van der Waals surface area contributed by atoms with Gasteiger partial charge in [-0.15, -0.1) is 0 Å². The Kier molecular flexibility index (Phi) is 6.61. The van der Waals surface area contributed by atoms with E-state index in [1.807, 2.05) is 0 Å². The van der Waals surface area contributed by atoms with Crippen molar-refractivity contribution in [3.63, 3.8) is 0 Å². The predicted molar refractivity (Wildman–Crippen MR) is 96.2 cm³/mol. The van der Waals surface area contributed by atoms with E-state index in [2.05, 4.69) is 5.32 Å². The van der Waals surface area contributed by atoms with Crippen molar-refractivity contribution in [1.29, 1.82) is 0 Å². The summed E-state index contributed by atoms with van der Waals surface area (Å²) in [6, 6.07) is 5.59. The molecule has 5 nitrogen and oxygen atoms in total. The third kappa shape index (κ3) is 5.53. The highest BCUT2D eigenvalue weighted by molar-refractivity contribution is 5.94. The van der Waals surface area contributed by atoms with Crippen LogP contribution in [-0.2, 0) is 9.53 Å². The summed E-state index contributed by atoms with van der Waals surface area (Å²) in [4.78, 5) is 26.4. The summed E-state index contributed by atoms with van der Waals surface area (Å²) in [5.41, 5.74) is 0.487. The van der Waals surface area contributed by atoms with Gasteiger partial charge in [-0.1, -0.05) is 0 Å². The first-order chi connectivity index (χ1) is 12.6. The van der Waals surface area contributed by atoms with E-state index in [-0.39, 0.29) is 23.5 Å². The molecule has 1 saturated heterocycles. The minimum atomic E-state index is -0.352. The zero-order valence-corrected chi connectivity index (χ0v) is 15.1. The van der Waals surface area contributed by atoms with E-state index >= 15 is 0 Å². The Bertz CT molecular complexity index is 608. The molecule has 1 saturated carbocycles. The second kappa shape index (κ2) is 9.12. The van der Waals surface area contributed by atoms with Crippen LogP contribution in [0.3, 0.4) is 0 Å². The van der Waals surface area contributed by atoms with Gasteiger partial charge in [0.05, 0.1) is 0 Å². The lowest BCUT2D eigenvalue weighted by Crippen LogP contribution is -2.43. The van der Waals surface area contributed by atoms with E-state index in [0.29, 0.717) is 44.6 Å². The van der Waals surface area contributed by atoms with Gasteiger partial charge in [0.15, 0.2) is 0 Å². The largest absolute Gasteiger partial charge is 0.381 e. The van der Waals surface area contributed by atoms with Gasteiger partial charge in [0, 0.05) is 44.3 Å². The van der Waals surface area contributed by atoms with Gasteiger partial charge in [0.2, 0.25) is 5.91 Å². The molecular weight excluding hydrogens is 335 g/mol. The zero-order chi connectivity index (χ0) is 18.4. The van der Waals surface area contributed by atoms with Crippen LogP contribution in [0.2, 0.25) is 0 Å². The number of rotatable bonds is 8. The number of halogens is 1. The van der Waals surface area contributed by atoms with Crippen LogP contribution < -0.4 is 5.32 Å². The maximum absolute atomic E-state index is 13.0. The second-order valence-electron chi connectivity index (χ2n) is 7.24. The number of nitrogens with one attached hydrogen (secondary N) is 1. The molecule has 1 aromatic rings. The van der Waals surface area contributed by atoms with Crippen LogP contribution >= 0.6 is 0 Å². The highest BCUT2D eigenvalue weighted by Gasteiger charge is 2.27. The highest BCUT2D eigenvalue weighted by atomic mass is 19.1. The molecule has 6 heteroatoms. The first kappa shape index (κ1) is 18.8. The topological polar surface area (TPSA) is 58.6 Å². The van der Waals surface area contributed by atoms with Gasteiger partial charge in [-0.25, -0.2) is 4.39 Å². The van der Waals surface area contributed by atoms with Crippen molar-refractivity contribution in [2.45, 2.75) is 32.1 Å². The number of hydrogen-bond donors (Lipinski definition) is 1. The number of likely N-dealkylation sites (tertiary alicyclic amines) is 1. The standard InChI is InChI=1S/C20H27FN2O3/c21-18-6-4-17(5-7-18)20(25)23-11-8-16(9-12-23)19(24)22-10-1-13-26-14-15-2-3-15/h4-7,15-16H,1-3,8-14H2,(H,22,24). The molecule has 0 aromatic heterocycles. The minimum absolute atomic E-state index is 0.0420.